The second kappa shape index (κ2) is 5.87. The summed E-state index contributed by atoms with van der Waals surface area (Å²) in [7, 11) is 1.61. The summed E-state index contributed by atoms with van der Waals surface area (Å²) < 4.78 is 5.31. The van der Waals surface area contributed by atoms with E-state index in [1.165, 1.54) is 0 Å². The van der Waals surface area contributed by atoms with E-state index in [1.54, 1.807) is 7.11 Å². The Morgan fingerprint density at radius 1 is 1.31 bits per heavy atom. The molecule has 0 saturated carbocycles. The molecule has 90 valence electrons. The fourth-order valence-corrected chi connectivity index (χ4v) is 1.95. The molecule has 0 amide bonds. The Hall–Kier alpha value is -1.06. The molecule has 0 spiro atoms. The third kappa shape index (κ3) is 2.97. The van der Waals surface area contributed by atoms with Gasteiger partial charge in [0.05, 0.1) is 13.2 Å². The first-order valence-corrected chi connectivity index (χ1v) is 5.54. The summed E-state index contributed by atoms with van der Waals surface area (Å²) >= 11 is 0. The van der Waals surface area contributed by atoms with Crippen molar-refractivity contribution in [2.75, 3.05) is 13.7 Å². The van der Waals surface area contributed by atoms with Crippen LogP contribution in [0.4, 0.5) is 0 Å². The average Bonchev–Trinajstić information content (AvgIpc) is 2.24. The maximum atomic E-state index is 10.0. The van der Waals surface area contributed by atoms with Gasteiger partial charge in [-0.2, -0.15) is 0 Å². The lowest BCUT2D eigenvalue weighted by Crippen LogP contribution is -2.03. The van der Waals surface area contributed by atoms with Crippen LogP contribution in [0.1, 0.15) is 35.6 Å². The maximum Gasteiger partial charge on any atom is 0.127 e. The van der Waals surface area contributed by atoms with Gasteiger partial charge in [0.2, 0.25) is 0 Å². The van der Waals surface area contributed by atoms with Crippen LogP contribution in [0.3, 0.4) is 0 Å². The number of hydrogen-bond donors (Lipinski definition) is 2. The molecule has 0 radical (unpaired) electrons. The largest absolute Gasteiger partial charge is 0.496 e. The monoisotopic (exact) mass is 224 g/mol. The topological polar surface area (TPSA) is 49.7 Å². The molecule has 1 atom stereocenters. The van der Waals surface area contributed by atoms with Crippen molar-refractivity contribution in [3.63, 3.8) is 0 Å². The summed E-state index contributed by atoms with van der Waals surface area (Å²) in [5.74, 6) is 0.746. The van der Waals surface area contributed by atoms with Crippen LogP contribution in [0.25, 0.3) is 0 Å². The quantitative estimate of drug-likeness (QED) is 0.805. The van der Waals surface area contributed by atoms with Crippen LogP contribution in [0, 0.1) is 13.8 Å². The van der Waals surface area contributed by atoms with E-state index in [9.17, 15) is 5.11 Å². The molecule has 0 aromatic heterocycles. The number of benzene rings is 1. The van der Waals surface area contributed by atoms with E-state index in [0.29, 0.717) is 12.8 Å². The summed E-state index contributed by atoms with van der Waals surface area (Å²) in [6.45, 7) is 4.06. The van der Waals surface area contributed by atoms with Crippen LogP contribution in [-0.4, -0.2) is 23.9 Å². The van der Waals surface area contributed by atoms with Crippen LogP contribution in [0.15, 0.2) is 12.1 Å². The second-order valence-corrected chi connectivity index (χ2v) is 4.09. The molecule has 1 unspecified atom stereocenters. The van der Waals surface area contributed by atoms with Gasteiger partial charge in [0.15, 0.2) is 0 Å². The molecule has 0 aliphatic carbocycles. The highest BCUT2D eigenvalue weighted by Gasteiger charge is 2.15. The molecule has 0 aliphatic heterocycles. The van der Waals surface area contributed by atoms with Crippen molar-refractivity contribution in [3.8, 4) is 5.75 Å². The molecule has 0 aliphatic rings. The van der Waals surface area contributed by atoms with E-state index in [-0.39, 0.29) is 6.61 Å². The Labute approximate surface area is 96.7 Å². The molecule has 0 bridgehead atoms. The van der Waals surface area contributed by atoms with Gasteiger partial charge in [-0.1, -0.05) is 11.6 Å². The predicted octanol–water partition coefficient (Wildman–Crippen LogP) is 2.12. The fourth-order valence-electron chi connectivity index (χ4n) is 1.95. The van der Waals surface area contributed by atoms with Crippen molar-refractivity contribution in [2.45, 2.75) is 32.8 Å². The highest BCUT2D eigenvalue weighted by Crippen LogP contribution is 2.32. The molecule has 3 heteroatoms. The smallest absolute Gasteiger partial charge is 0.127 e. The molecule has 1 rings (SSSR count). The van der Waals surface area contributed by atoms with Gasteiger partial charge in [-0.05, 0) is 38.3 Å². The lowest BCUT2D eigenvalue weighted by atomic mass is 9.98. The summed E-state index contributed by atoms with van der Waals surface area (Å²) in [4.78, 5) is 0. The van der Waals surface area contributed by atoms with Crippen LogP contribution in [0.5, 0.6) is 5.75 Å². The Bertz CT molecular complexity index is 347. The van der Waals surface area contributed by atoms with Gasteiger partial charge in [0, 0.05) is 12.2 Å². The van der Waals surface area contributed by atoms with Gasteiger partial charge >= 0.3 is 0 Å². The van der Waals surface area contributed by atoms with E-state index in [4.69, 9.17) is 9.84 Å². The third-order valence-corrected chi connectivity index (χ3v) is 2.65. The average molecular weight is 224 g/mol. The zero-order valence-corrected chi connectivity index (χ0v) is 10.2. The fraction of sp³-hybridized carbons (Fsp3) is 0.538. The van der Waals surface area contributed by atoms with Crippen molar-refractivity contribution in [1.82, 2.24) is 0 Å². The second-order valence-electron chi connectivity index (χ2n) is 4.09. The molecule has 0 heterocycles. The highest BCUT2D eigenvalue weighted by atomic mass is 16.5. The SMILES string of the molecule is COc1c(C)cc(C)cc1C(O)CCCO. The van der Waals surface area contributed by atoms with Gasteiger partial charge in [-0.15, -0.1) is 0 Å². The summed E-state index contributed by atoms with van der Waals surface area (Å²) in [5, 5.41) is 18.8. The van der Waals surface area contributed by atoms with Crippen molar-refractivity contribution in [2.24, 2.45) is 0 Å². The van der Waals surface area contributed by atoms with Gasteiger partial charge in [-0.25, -0.2) is 0 Å². The zero-order valence-electron chi connectivity index (χ0n) is 10.2. The van der Waals surface area contributed by atoms with E-state index >= 15 is 0 Å². The number of methoxy groups -OCH3 is 1. The Morgan fingerprint density at radius 2 is 2.00 bits per heavy atom. The van der Waals surface area contributed by atoms with Crippen LogP contribution in [0.2, 0.25) is 0 Å². The van der Waals surface area contributed by atoms with Crippen molar-refractivity contribution < 1.29 is 14.9 Å². The molecular formula is C13H20O3. The minimum absolute atomic E-state index is 0.101. The first-order valence-electron chi connectivity index (χ1n) is 5.54. The Morgan fingerprint density at radius 3 is 2.56 bits per heavy atom. The van der Waals surface area contributed by atoms with E-state index < -0.39 is 6.10 Å². The number of aliphatic hydroxyl groups is 2. The third-order valence-electron chi connectivity index (χ3n) is 2.65. The Kier molecular flexibility index (Phi) is 4.77. The van der Waals surface area contributed by atoms with E-state index in [0.717, 1.165) is 22.4 Å². The lowest BCUT2D eigenvalue weighted by Gasteiger charge is -2.17. The standard InChI is InChI=1S/C13H20O3/c1-9-7-10(2)13(16-3)11(8-9)12(15)5-4-6-14/h7-8,12,14-15H,4-6H2,1-3H3. The van der Waals surface area contributed by atoms with Gasteiger partial charge < -0.3 is 14.9 Å². The molecule has 2 N–H and O–H groups in total. The molecule has 3 nitrogen and oxygen atoms in total. The molecule has 1 aromatic carbocycles. The minimum atomic E-state index is -0.569. The maximum absolute atomic E-state index is 10.0. The minimum Gasteiger partial charge on any atom is -0.496 e. The number of aliphatic hydroxyl groups excluding tert-OH is 2. The molecular weight excluding hydrogens is 204 g/mol. The number of hydrogen-bond acceptors (Lipinski definition) is 3. The molecule has 0 fully saturated rings. The molecule has 0 saturated heterocycles. The molecule has 1 aromatic rings. The zero-order chi connectivity index (χ0) is 12.1. The number of aryl methyl sites for hydroxylation is 2. The molecule has 16 heavy (non-hydrogen) atoms. The van der Waals surface area contributed by atoms with Crippen molar-refractivity contribution in [1.29, 1.82) is 0 Å². The van der Waals surface area contributed by atoms with Crippen LogP contribution >= 0.6 is 0 Å². The van der Waals surface area contributed by atoms with Crippen molar-refractivity contribution >= 4 is 0 Å². The normalized spacial score (nSPS) is 12.6. The summed E-state index contributed by atoms with van der Waals surface area (Å²) in [6.07, 6.45) is 0.577. The van der Waals surface area contributed by atoms with Crippen LogP contribution in [-0.2, 0) is 0 Å². The van der Waals surface area contributed by atoms with E-state index in [2.05, 4.69) is 0 Å². The van der Waals surface area contributed by atoms with Crippen LogP contribution < -0.4 is 4.74 Å². The Balaban J connectivity index is 3.00. The summed E-state index contributed by atoms with van der Waals surface area (Å²) in [5.41, 5.74) is 2.95. The predicted molar refractivity (Wildman–Crippen MR) is 63.7 cm³/mol. The van der Waals surface area contributed by atoms with Crippen molar-refractivity contribution in [3.05, 3.63) is 28.8 Å². The lowest BCUT2D eigenvalue weighted by molar-refractivity contribution is 0.148. The van der Waals surface area contributed by atoms with Gasteiger partial charge in [0.1, 0.15) is 5.75 Å². The summed E-state index contributed by atoms with van der Waals surface area (Å²) in [6, 6.07) is 3.97. The van der Waals surface area contributed by atoms with E-state index in [1.807, 2.05) is 26.0 Å². The van der Waals surface area contributed by atoms with Gasteiger partial charge in [0.25, 0.3) is 0 Å². The number of ether oxygens (including phenoxy) is 1. The number of rotatable bonds is 5. The van der Waals surface area contributed by atoms with Gasteiger partial charge in [-0.3, -0.25) is 0 Å². The highest BCUT2D eigenvalue weighted by molar-refractivity contribution is 5.44. The first-order chi connectivity index (χ1) is 7.60. The first kappa shape index (κ1) is 13.0.